The molecular weight excluding hydrogens is 469 g/mol. The summed E-state index contributed by atoms with van der Waals surface area (Å²) in [6.07, 6.45) is 0. The van der Waals surface area contributed by atoms with Crippen LogP contribution in [-0.2, 0) is 9.31 Å². The molecule has 6 heteroatoms. The minimum atomic E-state index is -0.188. The molecule has 3 aromatic carbocycles. The quantitative estimate of drug-likeness (QED) is 0.298. The van der Waals surface area contributed by atoms with Crippen LogP contribution in [0.15, 0.2) is 60.7 Å². The van der Waals surface area contributed by atoms with Gasteiger partial charge in [-0.15, -0.1) is 0 Å². The normalized spacial score (nSPS) is 13.7. The topological polar surface area (TPSA) is 89.8 Å². The van der Waals surface area contributed by atoms with Gasteiger partial charge in [-0.3, -0.25) is 0 Å². The highest BCUT2D eigenvalue weighted by molar-refractivity contribution is 6.19. The molecule has 5 nitrogen and oxygen atoms in total. The van der Waals surface area contributed by atoms with Gasteiger partial charge in [-0.25, -0.2) is 0 Å². The maximum absolute atomic E-state index is 8.56. The number of hydrogen-bond donors (Lipinski definition) is 0. The maximum atomic E-state index is 8.56. The zero-order valence-corrected chi connectivity index (χ0v) is 24.0. The molecule has 0 aromatic heterocycles. The van der Waals surface area contributed by atoms with E-state index in [1.165, 1.54) is 29.9 Å². The van der Waals surface area contributed by atoms with Gasteiger partial charge in [0.05, 0.1) is 46.1 Å². The standard InChI is InChI=1S/2C9H9N.C8H7N.C6H12BO2/c1-7-3-4-9(6-10)5-8(7)2;1-7-3-4-9(6-10)8(2)5-7;1-7-2-4-8(6-9)5-3-7;1-5(2)6(3,4)9-7-8-5/h2*3-5H,1-2H3;2-5H,1H3;1-4H3. The number of nitriles is 3. The van der Waals surface area contributed by atoms with E-state index in [1.807, 2.05) is 123 Å². The van der Waals surface area contributed by atoms with Crippen molar-refractivity contribution in [2.24, 2.45) is 0 Å². The second-order valence-electron chi connectivity index (χ2n) is 10.2. The summed E-state index contributed by atoms with van der Waals surface area (Å²) in [4.78, 5) is 0. The third-order valence-corrected chi connectivity index (χ3v) is 6.45. The Hall–Kier alpha value is -3.89. The molecule has 0 atom stereocenters. The van der Waals surface area contributed by atoms with Crippen LogP contribution in [0.25, 0.3) is 0 Å². The molecule has 1 saturated heterocycles. The average Bonchev–Trinajstić information content (AvgIpc) is 3.12. The molecule has 0 N–H and O–H groups in total. The van der Waals surface area contributed by atoms with Crippen LogP contribution in [0, 0.1) is 68.6 Å². The van der Waals surface area contributed by atoms with Crippen LogP contribution in [-0.4, -0.2) is 18.9 Å². The Kier molecular flexibility index (Phi) is 12.5. The van der Waals surface area contributed by atoms with Crippen LogP contribution >= 0.6 is 0 Å². The molecule has 195 valence electrons. The molecule has 0 bridgehead atoms. The first-order valence-corrected chi connectivity index (χ1v) is 12.3. The number of benzene rings is 3. The Morgan fingerprint density at radius 1 is 0.553 bits per heavy atom. The predicted molar refractivity (Wildman–Crippen MR) is 153 cm³/mol. The highest BCUT2D eigenvalue weighted by atomic mass is 16.7. The van der Waals surface area contributed by atoms with Crippen molar-refractivity contribution in [3.05, 3.63) is 105 Å². The van der Waals surface area contributed by atoms with E-state index in [0.29, 0.717) is 0 Å². The molecule has 0 aliphatic carbocycles. The van der Waals surface area contributed by atoms with Crippen molar-refractivity contribution in [2.45, 2.75) is 73.5 Å². The summed E-state index contributed by atoms with van der Waals surface area (Å²) < 4.78 is 10.4. The Balaban J connectivity index is 0.000000254. The largest absolute Gasteiger partial charge is 0.488 e. The second-order valence-corrected chi connectivity index (χ2v) is 10.2. The molecule has 1 aliphatic rings. The van der Waals surface area contributed by atoms with Crippen LogP contribution in [0.1, 0.15) is 72.2 Å². The summed E-state index contributed by atoms with van der Waals surface area (Å²) in [7, 11) is 1.42. The van der Waals surface area contributed by atoms with Crippen LogP contribution in [0.3, 0.4) is 0 Å². The van der Waals surface area contributed by atoms with Gasteiger partial charge in [-0.1, -0.05) is 41.5 Å². The van der Waals surface area contributed by atoms with E-state index in [-0.39, 0.29) is 11.2 Å². The van der Waals surface area contributed by atoms with E-state index in [2.05, 4.69) is 18.2 Å². The Morgan fingerprint density at radius 3 is 1.45 bits per heavy atom. The predicted octanol–water partition coefficient (Wildman–Crippen LogP) is 7.34. The third kappa shape index (κ3) is 10.2. The molecule has 3 aromatic rings. The van der Waals surface area contributed by atoms with Gasteiger partial charge < -0.3 is 9.31 Å². The first-order chi connectivity index (χ1) is 17.8. The first-order valence-electron chi connectivity index (χ1n) is 12.3. The van der Waals surface area contributed by atoms with Gasteiger partial charge in [-0.2, -0.15) is 15.8 Å². The van der Waals surface area contributed by atoms with E-state index in [4.69, 9.17) is 25.1 Å². The SMILES string of the molecule is CC1(C)O[B]OC1(C)C.Cc1ccc(C#N)c(C)c1.Cc1ccc(C#N)cc1.Cc1ccc(C#N)cc1C. The first kappa shape index (κ1) is 32.1. The molecule has 0 saturated carbocycles. The van der Waals surface area contributed by atoms with Gasteiger partial charge in [0.2, 0.25) is 0 Å². The van der Waals surface area contributed by atoms with E-state index < -0.39 is 0 Å². The highest BCUT2D eigenvalue weighted by Crippen LogP contribution is 2.33. The minimum Gasteiger partial charge on any atom is -0.405 e. The number of hydrogen-bond acceptors (Lipinski definition) is 5. The molecule has 0 spiro atoms. The van der Waals surface area contributed by atoms with Crippen LogP contribution in [0.5, 0.6) is 0 Å². The van der Waals surface area contributed by atoms with Gasteiger partial charge >= 0.3 is 7.69 Å². The van der Waals surface area contributed by atoms with Crippen molar-refractivity contribution in [3.8, 4) is 18.2 Å². The van der Waals surface area contributed by atoms with Gasteiger partial charge in [0, 0.05) is 0 Å². The van der Waals surface area contributed by atoms with Crippen molar-refractivity contribution >= 4 is 7.69 Å². The molecule has 38 heavy (non-hydrogen) atoms. The molecule has 1 aliphatic heterocycles. The summed E-state index contributed by atoms with van der Waals surface area (Å²) in [5.74, 6) is 0. The van der Waals surface area contributed by atoms with Crippen molar-refractivity contribution < 1.29 is 9.31 Å². The average molecular weight is 506 g/mol. The number of rotatable bonds is 0. The molecule has 1 fully saturated rings. The fourth-order valence-corrected chi connectivity index (χ4v) is 2.93. The maximum Gasteiger partial charge on any atom is 0.488 e. The van der Waals surface area contributed by atoms with Crippen molar-refractivity contribution in [1.82, 2.24) is 0 Å². The summed E-state index contributed by atoms with van der Waals surface area (Å²) in [5, 5.41) is 25.4. The van der Waals surface area contributed by atoms with E-state index >= 15 is 0 Å². The summed E-state index contributed by atoms with van der Waals surface area (Å²) >= 11 is 0. The number of nitrogens with zero attached hydrogens (tertiary/aromatic N) is 3. The molecular formula is C32H37BN3O2. The Bertz CT molecular complexity index is 1310. The van der Waals surface area contributed by atoms with Gasteiger partial charge in [0.1, 0.15) is 0 Å². The zero-order valence-electron chi connectivity index (χ0n) is 24.0. The summed E-state index contributed by atoms with van der Waals surface area (Å²) in [5.41, 5.74) is 7.72. The summed E-state index contributed by atoms with van der Waals surface area (Å²) in [6.45, 7) is 18.1. The second kappa shape index (κ2) is 14.8. The lowest BCUT2D eigenvalue weighted by atomic mass is 9.90. The van der Waals surface area contributed by atoms with Crippen LogP contribution in [0.4, 0.5) is 0 Å². The lowest BCUT2D eigenvalue weighted by Gasteiger charge is -2.32. The third-order valence-electron chi connectivity index (χ3n) is 6.45. The zero-order chi connectivity index (χ0) is 28.9. The van der Waals surface area contributed by atoms with Crippen molar-refractivity contribution in [1.29, 1.82) is 15.8 Å². The van der Waals surface area contributed by atoms with Crippen molar-refractivity contribution in [3.63, 3.8) is 0 Å². The van der Waals surface area contributed by atoms with Gasteiger partial charge in [0.15, 0.2) is 0 Å². The minimum absolute atomic E-state index is 0.187. The van der Waals surface area contributed by atoms with Crippen molar-refractivity contribution in [2.75, 3.05) is 0 Å². The lowest BCUT2D eigenvalue weighted by molar-refractivity contribution is 0.00578. The van der Waals surface area contributed by atoms with Crippen LogP contribution < -0.4 is 0 Å². The van der Waals surface area contributed by atoms with E-state index in [9.17, 15) is 0 Å². The van der Waals surface area contributed by atoms with E-state index in [1.54, 1.807) is 0 Å². The summed E-state index contributed by atoms with van der Waals surface area (Å²) in [6, 6.07) is 25.3. The molecule has 4 rings (SSSR count). The number of aryl methyl sites for hydroxylation is 5. The molecule has 1 radical (unpaired) electrons. The Labute approximate surface area is 229 Å². The lowest BCUT2D eigenvalue weighted by Crippen LogP contribution is -2.41. The molecule has 1 heterocycles. The van der Waals surface area contributed by atoms with Gasteiger partial charge in [0.25, 0.3) is 0 Å². The monoisotopic (exact) mass is 506 g/mol. The smallest absolute Gasteiger partial charge is 0.405 e. The Morgan fingerprint density at radius 2 is 1.05 bits per heavy atom. The highest BCUT2D eigenvalue weighted by Gasteiger charge is 2.44. The molecule has 0 unspecified atom stereocenters. The van der Waals surface area contributed by atoms with Crippen LogP contribution in [0.2, 0.25) is 0 Å². The fourth-order valence-electron chi connectivity index (χ4n) is 2.93. The van der Waals surface area contributed by atoms with E-state index in [0.717, 1.165) is 22.3 Å². The fraction of sp³-hybridized carbons (Fsp3) is 0.344. The molecule has 0 amide bonds. The van der Waals surface area contributed by atoms with Gasteiger partial charge in [-0.05, 0) is 109 Å².